The van der Waals surface area contributed by atoms with Crippen molar-refractivity contribution in [3.05, 3.63) is 29.3 Å². The zero-order valence-electron chi connectivity index (χ0n) is 11.9. The van der Waals surface area contributed by atoms with Gasteiger partial charge in [0.1, 0.15) is 11.9 Å². The molecule has 1 aliphatic heterocycles. The topological polar surface area (TPSA) is 65.5 Å². The number of fused-ring (bicyclic) bond motifs is 1. The van der Waals surface area contributed by atoms with Crippen LogP contribution in [-0.2, 0) is 14.3 Å². The van der Waals surface area contributed by atoms with E-state index >= 15 is 0 Å². The van der Waals surface area contributed by atoms with Crippen LogP contribution in [0.15, 0.2) is 23.7 Å². The van der Waals surface area contributed by atoms with E-state index in [-0.39, 0.29) is 18.2 Å². The molecule has 1 aromatic heterocycles. The zero-order chi connectivity index (χ0) is 15.2. The maximum atomic E-state index is 12.6. The van der Waals surface area contributed by atoms with Gasteiger partial charge in [0, 0.05) is 31.2 Å². The standard InChI is InChI=1S/C16H15NO4S/c18-11-3-5-16(6-4-11)20-8-13(21-16)15(19)10-1-2-12-14(7-10)22-9-17-12/h1-2,7,9,13H,3-6,8H2. The molecule has 1 spiro atoms. The largest absolute Gasteiger partial charge is 0.347 e. The van der Waals surface area contributed by atoms with E-state index in [1.807, 2.05) is 12.1 Å². The third-order valence-electron chi connectivity index (χ3n) is 4.33. The van der Waals surface area contributed by atoms with Crippen molar-refractivity contribution in [3.63, 3.8) is 0 Å². The lowest BCUT2D eigenvalue weighted by Gasteiger charge is -2.30. The Morgan fingerprint density at radius 3 is 2.95 bits per heavy atom. The lowest BCUT2D eigenvalue weighted by molar-refractivity contribution is -0.185. The molecule has 2 fully saturated rings. The van der Waals surface area contributed by atoms with Crippen LogP contribution >= 0.6 is 11.3 Å². The lowest BCUT2D eigenvalue weighted by atomic mass is 9.93. The van der Waals surface area contributed by atoms with Gasteiger partial charge in [0.15, 0.2) is 11.6 Å². The van der Waals surface area contributed by atoms with E-state index in [0.717, 1.165) is 10.2 Å². The van der Waals surface area contributed by atoms with Crippen molar-refractivity contribution < 1.29 is 19.1 Å². The van der Waals surface area contributed by atoms with Crippen molar-refractivity contribution in [2.75, 3.05) is 6.61 Å². The van der Waals surface area contributed by atoms with Gasteiger partial charge in [-0.25, -0.2) is 4.98 Å². The summed E-state index contributed by atoms with van der Waals surface area (Å²) in [5.74, 6) is -0.560. The van der Waals surface area contributed by atoms with Crippen molar-refractivity contribution in [2.45, 2.75) is 37.6 Å². The van der Waals surface area contributed by atoms with Gasteiger partial charge in [0.05, 0.1) is 22.3 Å². The molecule has 1 aromatic carbocycles. The van der Waals surface area contributed by atoms with Crippen molar-refractivity contribution in [1.29, 1.82) is 0 Å². The Labute approximate surface area is 131 Å². The fourth-order valence-corrected chi connectivity index (χ4v) is 3.77. The monoisotopic (exact) mass is 317 g/mol. The van der Waals surface area contributed by atoms with Gasteiger partial charge in [-0.2, -0.15) is 0 Å². The number of ether oxygens (including phenoxy) is 2. The summed E-state index contributed by atoms with van der Waals surface area (Å²) in [6.45, 7) is 0.258. The molecule has 22 heavy (non-hydrogen) atoms. The molecule has 0 amide bonds. The molecule has 2 heterocycles. The fourth-order valence-electron chi connectivity index (χ4n) is 3.05. The highest BCUT2D eigenvalue weighted by Gasteiger charge is 2.46. The Kier molecular flexibility index (Phi) is 3.32. The first kappa shape index (κ1) is 14.0. The summed E-state index contributed by atoms with van der Waals surface area (Å²) in [5.41, 5.74) is 3.28. The Balaban J connectivity index is 1.52. The molecule has 2 aliphatic rings. The first-order valence-electron chi connectivity index (χ1n) is 7.36. The highest BCUT2D eigenvalue weighted by molar-refractivity contribution is 7.16. The number of nitrogens with zero attached hydrogens (tertiary/aromatic N) is 1. The fraction of sp³-hybridized carbons (Fsp3) is 0.438. The Hall–Kier alpha value is -1.63. The molecule has 6 heteroatoms. The molecule has 1 unspecified atom stereocenters. The summed E-state index contributed by atoms with van der Waals surface area (Å²) in [5, 5.41) is 0. The normalized spacial score (nSPS) is 24.2. The van der Waals surface area contributed by atoms with Crippen LogP contribution in [0.3, 0.4) is 0 Å². The number of carbonyl (C=O) groups is 2. The maximum Gasteiger partial charge on any atom is 0.194 e. The number of thiazole rings is 1. The Morgan fingerprint density at radius 1 is 1.32 bits per heavy atom. The number of carbonyl (C=O) groups excluding carboxylic acids is 2. The van der Waals surface area contributed by atoms with Crippen LogP contribution in [-0.4, -0.2) is 35.0 Å². The molecule has 5 nitrogen and oxygen atoms in total. The molecule has 2 aromatic rings. The maximum absolute atomic E-state index is 12.6. The first-order valence-corrected chi connectivity index (χ1v) is 8.24. The number of rotatable bonds is 2. The minimum atomic E-state index is -0.733. The molecule has 1 aliphatic carbocycles. The number of ketones is 2. The van der Waals surface area contributed by atoms with Gasteiger partial charge in [-0.1, -0.05) is 0 Å². The molecule has 1 saturated carbocycles. The zero-order valence-corrected chi connectivity index (χ0v) is 12.7. The van der Waals surface area contributed by atoms with Crippen LogP contribution in [0, 0.1) is 0 Å². The molecule has 4 rings (SSSR count). The second kappa shape index (κ2) is 5.22. The average Bonchev–Trinajstić information content (AvgIpc) is 3.16. The van der Waals surface area contributed by atoms with Gasteiger partial charge in [0.25, 0.3) is 0 Å². The van der Waals surface area contributed by atoms with Gasteiger partial charge in [-0.3, -0.25) is 9.59 Å². The van der Waals surface area contributed by atoms with Gasteiger partial charge in [-0.05, 0) is 18.2 Å². The predicted octanol–water partition coefficient (Wildman–Crippen LogP) is 2.73. The third kappa shape index (κ3) is 2.37. The van der Waals surface area contributed by atoms with Gasteiger partial charge in [-0.15, -0.1) is 11.3 Å². The van der Waals surface area contributed by atoms with Crippen molar-refractivity contribution in [2.24, 2.45) is 0 Å². The number of aromatic nitrogens is 1. The molecule has 114 valence electrons. The summed E-state index contributed by atoms with van der Waals surface area (Å²) in [6, 6.07) is 5.49. The number of Topliss-reactive ketones (excluding diaryl/α,β-unsaturated/α-hetero) is 2. The summed E-state index contributed by atoms with van der Waals surface area (Å²) in [7, 11) is 0. The molecule has 1 saturated heterocycles. The van der Waals surface area contributed by atoms with E-state index in [2.05, 4.69) is 4.98 Å². The summed E-state index contributed by atoms with van der Waals surface area (Å²) >= 11 is 1.51. The van der Waals surface area contributed by atoms with Gasteiger partial charge >= 0.3 is 0 Å². The third-order valence-corrected chi connectivity index (χ3v) is 5.12. The summed E-state index contributed by atoms with van der Waals surface area (Å²) in [4.78, 5) is 28.2. The second-order valence-electron chi connectivity index (χ2n) is 5.77. The Bertz CT molecular complexity index is 743. The van der Waals surface area contributed by atoms with Crippen molar-refractivity contribution in [3.8, 4) is 0 Å². The minimum Gasteiger partial charge on any atom is -0.347 e. The van der Waals surface area contributed by atoms with E-state index in [1.165, 1.54) is 11.3 Å². The second-order valence-corrected chi connectivity index (χ2v) is 6.65. The molecule has 0 radical (unpaired) electrons. The van der Waals surface area contributed by atoms with Gasteiger partial charge < -0.3 is 9.47 Å². The van der Waals surface area contributed by atoms with E-state index < -0.39 is 11.9 Å². The van der Waals surface area contributed by atoms with Crippen LogP contribution in [0.5, 0.6) is 0 Å². The van der Waals surface area contributed by atoms with Crippen molar-refractivity contribution in [1.82, 2.24) is 4.98 Å². The SMILES string of the molecule is O=C1CCC2(CC1)OCC(C(=O)c1ccc3ncsc3c1)O2. The lowest BCUT2D eigenvalue weighted by Crippen LogP contribution is -2.37. The quantitative estimate of drug-likeness (QED) is 0.797. The van der Waals surface area contributed by atoms with Crippen LogP contribution in [0.2, 0.25) is 0 Å². The van der Waals surface area contributed by atoms with Crippen LogP contribution in [0.4, 0.5) is 0 Å². The highest BCUT2D eigenvalue weighted by Crippen LogP contribution is 2.37. The molecule has 0 bridgehead atoms. The van der Waals surface area contributed by atoms with E-state index in [1.54, 1.807) is 11.6 Å². The smallest absolute Gasteiger partial charge is 0.194 e. The number of benzene rings is 1. The molecular weight excluding hydrogens is 302 g/mol. The number of hydrogen-bond acceptors (Lipinski definition) is 6. The van der Waals surface area contributed by atoms with E-state index in [0.29, 0.717) is 31.2 Å². The first-order chi connectivity index (χ1) is 10.7. The van der Waals surface area contributed by atoms with E-state index in [9.17, 15) is 9.59 Å². The molecular formula is C16H15NO4S. The van der Waals surface area contributed by atoms with Gasteiger partial charge in [0.2, 0.25) is 0 Å². The highest BCUT2D eigenvalue weighted by atomic mass is 32.1. The molecule has 1 atom stereocenters. The number of hydrogen-bond donors (Lipinski definition) is 0. The van der Waals surface area contributed by atoms with Crippen LogP contribution in [0.1, 0.15) is 36.0 Å². The van der Waals surface area contributed by atoms with Crippen LogP contribution in [0.25, 0.3) is 10.2 Å². The van der Waals surface area contributed by atoms with E-state index in [4.69, 9.17) is 9.47 Å². The molecule has 0 N–H and O–H groups in total. The summed E-state index contributed by atoms with van der Waals surface area (Å²) in [6.07, 6.45) is 1.44. The minimum absolute atomic E-state index is 0.0657. The van der Waals surface area contributed by atoms with Crippen LogP contribution < -0.4 is 0 Å². The predicted molar refractivity (Wildman–Crippen MR) is 81.0 cm³/mol. The summed E-state index contributed by atoms with van der Waals surface area (Å²) < 4.78 is 12.7. The Morgan fingerprint density at radius 2 is 2.14 bits per heavy atom. The average molecular weight is 317 g/mol. The van der Waals surface area contributed by atoms with Crippen molar-refractivity contribution >= 4 is 33.1 Å².